The molecule has 0 aliphatic rings. The SMILES string of the molecule is CCOc1nc(NC)nc(Sc2ccc(Cl)cn2)n1. The number of halogens is 1. The van der Waals surface area contributed by atoms with Gasteiger partial charge in [-0.3, -0.25) is 0 Å². The molecule has 6 nitrogen and oxygen atoms in total. The largest absolute Gasteiger partial charge is 0.464 e. The molecule has 0 fully saturated rings. The van der Waals surface area contributed by atoms with Gasteiger partial charge in [-0.15, -0.1) is 0 Å². The molecule has 2 heterocycles. The lowest BCUT2D eigenvalue weighted by Gasteiger charge is -2.06. The number of anilines is 1. The Balaban J connectivity index is 2.23. The monoisotopic (exact) mass is 297 g/mol. The van der Waals surface area contributed by atoms with Gasteiger partial charge in [-0.2, -0.15) is 15.0 Å². The van der Waals surface area contributed by atoms with Gasteiger partial charge in [0.15, 0.2) is 0 Å². The molecule has 0 unspecified atom stereocenters. The van der Waals surface area contributed by atoms with E-state index >= 15 is 0 Å². The topological polar surface area (TPSA) is 72.8 Å². The van der Waals surface area contributed by atoms with E-state index < -0.39 is 0 Å². The molecule has 2 aromatic heterocycles. The van der Waals surface area contributed by atoms with Crippen LogP contribution in [0.1, 0.15) is 6.92 Å². The summed E-state index contributed by atoms with van der Waals surface area (Å²) in [6.07, 6.45) is 1.58. The minimum Gasteiger partial charge on any atom is -0.464 e. The van der Waals surface area contributed by atoms with Crippen molar-refractivity contribution in [3.05, 3.63) is 23.4 Å². The summed E-state index contributed by atoms with van der Waals surface area (Å²) in [5, 5.41) is 4.71. The normalized spacial score (nSPS) is 10.3. The molecule has 0 radical (unpaired) electrons. The minimum absolute atomic E-state index is 0.290. The van der Waals surface area contributed by atoms with Gasteiger partial charge >= 0.3 is 6.01 Å². The molecule has 0 aliphatic heterocycles. The first-order valence-electron chi connectivity index (χ1n) is 5.57. The predicted molar refractivity (Wildman–Crippen MR) is 73.9 cm³/mol. The van der Waals surface area contributed by atoms with Crippen molar-refractivity contribution in [2.75, 3.05) is 19.0 Å². The number of hydrogen-bond donors (Lipinski definition) is 1. The van der Waals surface area contributed by atoms with Gasteiger partial charge in [0.05, 0.1) is 11.6 Å². The molecule has 0 atom stereocenters. The molecule has 2 rings (SSSR count). The number of hydrogen-bond acceptors (Lipinski definition) is 7. The van der Waals surface area contributed by atoms with Gasteiger partial charge in [0, 0.05) is 13.2 Å². The van der Waals surface area contributed by atoms with Crippen LogP contribution in [0.4, 0.5) is 5.95 Å². The van der Waals surface area contributed by atoms with Gasteiger partial charge in [0.1, 0.15) is 5.03 Å². The summed E-state index contributed by atoms with van der Waals surface area (Å²) in [4.78, 5) is 16.7. The molecule has 1 N–H and O–H groups in total. The molecule has 19 heavy (non-hydrogen) atoms. The highest BCUT2D eigenvalue weighted by molar-refractivity contribution is 7.99. The fourth-order valence-electron chi connectivity index (χ4n) is 1.21. The summed E-state index contributed by atoms with van der Waals surface area (Å²) in [6.45, 7) is 2.37. The van der Waals surface area contributed by atoms with E-state index in [2.05, 4.69) is 25.3 Å². The Bertz CT molecular complexity index is 551. The van der Waals surface area contributed by atoms with Crippen LogP contribution in [-0.2, 0) is 0 Å². The van der Waals surface area contributed by atoms with E-state index in [4.69, 9.17) is 16.3 Å². The number of nitrogens with one attached hydrogen (secondary N) is 1. The van der Waals surface area contributed by atoms with Gasteiger partial charge in [-0.1, -0.05) is 11.6 Å². The highest BCUT2D eigenvalue weighted by Gasteiger charge is 2.08. The van der Waals surface area contributed by atoms with E-state index in [0.29, 0.717) is 28.7 Å². The number of ether oxygens (including phenoxy) is 1. The van der Waals surface area contributed by atoms with Crippen LogP contribution in [0.15, 0.2) is 28.5 Å². The van der Waals surface area contributed by atoms with Crippen molar-refractivity contribution >= 4 is 29.3 Å². The van der Waals surface area contributed by atoms with Crippen LogP contribution in [0.3, 0.4) is 0 Å². The zero-order valence-corrected chi connectivity index (χ0v) is 12.0. The first kappa shape index (κ1) is 13.8. The zero-order valence-electron chi connectivity index (χ0n) is 10.4. The van der Waals surface area contributed by atoms with E-state index in [1.54, 1.807) is 25.4 Å². The quantitative estimate of drug-likeness (QED) is 0.909. The fourth-order valence-corrected chi connectivity index (χ4v) is 2.00. The van der Waals surface area contributed by atoms with E-state index in [1.165, 1.54) is 11.8 Å². The Morgan fingerprint density at radius 1 is 1.32 bits per heavy atom. The summed E-state index contributed by atoms with van der Waals surface area (Å²) < 4.78 is 5.29. The van der Waals surface area contributed by atoms with Gasteiger partial charge in [0.25, 0.3) is 0 Å². The smallest absolute Gasteiger partial charge is 0.322 e. The van der Waals surface area contributed by atoms with E-state index in [1.807, 2.05) is 6.92 Å². The maximum atomic E-state index is 5.79. The second-order valence-electron chi connectivity index (χ2n) is 3.32. The second kappa shape index (κ2) is 6.53. The summed E-state index contributed by atoms with van der Waals surface area (Å²) in [6, 6.07) is 3.86. The van der Waals surface area contributed by atoms with Crippen LogP contribution in [-0.4, -0.2) is 33.6 Å². The number of pyridine rings is 1. The van der Waals surface area contributed by atoms with E-state index in [-0.39, 0.29) is 0 Å². The van der Waals surface area contributed by atoms with Crippen LogP contribution in [0.2, 0.25) is 5.02 Å². The van der Waals surface area contributed by atoms with Gasteiger partial charge in [-0.05, 0) is 30.8 Å². The molecule has 0 aliphatic carbocycles. The minimum atomic E-state index is 0.290. The van der Waals surface area contributed by atoms with Crippen molar-refractivity contribution in [3.63, 3.8) is 0 Å². The standard InChI is InChI=1S/C11H12ClN5OS/c1-3-18-10-15-9(13-2)16-11(17-10)19-8-5-4-7(12)6-14-8/h4-6H,3H2,1-2H3,(H,13,15,16,17). The highest BCUT2D eigenvalue weighted by atomic mass is 35.5. The molecule has 0 amide bonds. The van der Waals surface area contributed by atoms with Crippen LogP contribution in [0.5, 0.6) is 6.01 Å². The lowest BCUT2D eigenvalue weighted by molar-refractivity contribution is 0.308. The molecule has 0 saturated heterocycles. The lowest BCUT2D eigenvalue weighted by Crippen LogP contribution is -2.04. The Morgan fingerprint density at radius 2 is 2.16 bits per heavy atom. The van der Waals surface area contributed by atoms with Crippen LogP contribution in [0.25, 0.3) is 0 Å². The van der Waals surface area contributed by atoms with Crippen molar-refractivity contribution in [1.82, 2.24) is 19.9 Å². The van der Waals surface area contributed by atoms with Crippen LogP contribution < -0.4 is 10.1 Å². The Hall–Kier alpha value is -1.60. The van der Waals surface area contributed by atoms with Crippen molar-refractivity contribution in [3.8, 4) is 6.01 Å². The Kier molecular flexibility index (Phi) is 4.75. The maximum Gasteiger partial charge on any atom is 0.322 e. The van der Waals surface area contributed by atoms with Crippen molar-refractivity contribution in [2.24, 2.45) is 0 Å². The summed E-state index contributed by atoms with van der Waals surface area (Å²) in [5.41, 5.74) is 0. The Labute approximate surface area is 120 Å². The second-order valence-corrected chi connectivity index (χ2v) is 4.75. The number of rotatable bonds is 5. The van der Waals surface area contributed by atoms with Gasteiger partial charge in [0.2, 0.25) is 11.1 Å². The average Bonchev–Trinajstić information content (AvgIpc) is 2.41. The zero-order chi connectivity index (χ0) is 13.7. The molecule has 0 bridgehead atoms. The maximum absolute atomic E-state index is 5.79. The molecule has 8 heteroatoms. The summed E-state index contributed by atoms with van der Waals surface area (Å²) in [5.74, 6) is 0.454. The number of nitrogens with zero attached hydrogens (tertiary/aromatic N) is 4. The van der Waals surface area contributed by atoms with Crippen LogP contribution in [0, 0.1) is 0 Å². The predicted octanol–water partition coefficient (Wildman–Crippen LogP) is 2.51. The molecule has 2 aromatic rings. The molecular formula is C11H12ClN5OS. The first-order chi connectivity index (χ1) is 9.21. The van der Waals surface area contributed by atoms with Crippen molar-refractivity contribution < 1.29 is 4.74 Å². The molecule has 0 aromatic carbocycles. The van der Waals surface area contributed by atoms with Gasteiger partial charge in [-0.25, -0.2) is 4.98 Å². The summed E-state index contributed by atoms with van der Waals surface area (Å²) >= 11 is 7.10. The third-order valence-corrected chi connectivity index (χ3v) is 3.03. The summed E-state index contributed by atoms with van der Waals surface area (Å²) in [7, 11) is 1.74. The molecule has 100 valence electrons. The first-order valence-corrected chi connectivity index (χ1v) is 6.76. The molecule has 0 spiro atoms. The lowest BCUT2D eigenvalue weighted by atomic mass is 10.5. The third-order valence-electron chi connectivity index (χ3n) is 1.99. The van der Waals surface area contributed by atoms with Crippen molar-refractivity contribution in [1.29, 1.82) is 0 Å². The average molecular weight is 298 g/mol. The molecule has 0 saturated carbocycles. The highest BCUT2D eigenvalue weighted by Crippen LogP contribution is 2.25. The van der Waals surface area contributed by atoms with Crippen LogP contribution >= 0.6 is 23.4 Å². The molecular weight excluding hydrogens is 286 g/mol. The fraction of sp³-hybridized carbons (Fsp3) is 0.273. The third kappa shape index (κ3) is 3.93. The van der Waals surface area contributed by atoms with E-state index in [9.17, 15) is 0 Å². The van der Waals surface area contributed by atoms with Gasteiger partial charge < -0.3 is 10.1 Å². The Morgan fingerprint density at radius 3 is 2.79 bits per heavy atom. The van der Waals surface area contributed by atoms with Crippen molar-refractivity contribution in [2.45, 2.75) is 17.1 Å². The van der Waals surface area contributed by atoms with E-state index in [0.717, 1.165) is 5.03 Å². The number of aromatic nitrogens is 4.